The first-order chi connectivity index (χ1) is 16.6. The predicted octanol–water partition coefficient (Wildman–Crippen LogP) is 3.63. The number of halogens is 4. The van der Waals surface area contributed by atoms with Gasteiger partial charge in [-0.2, -0.15) is 0 Å². The molecule has 7 nitrogen and oxygen atoms in total. The van der Waals surface area contributed by atoms with Crippen LogP contribution in [0, 0.1) is 11.8 Å². The molecule has 0 bridgehead atoms. The van der Waals surface area contributed by atoms with Gasteiger partial charge in [-0.25, -0.2) is 22.4 Å². The molecular weight excluding hydrogens is 472 g/mol. The molecule has 2 aromatic rings. The van der Waals surface area contributed by atoms with Crippen molar-refractivity contribution in [2.45, 2.75) is 30.7 Å². The van der Waals surface area contributed by atoms with Gasteiger partial charge in [-0.3, -0.25) is 9.59 Å². The van der Waals surface area contributed by atoms with E-state index in [2.05, 4.69) is 5.32 Å². The SMILES string of the molecule is O=C(O)CC(NC(=O)[C@@H]1[C@H](CNC(=O)OCC2c3ccccc3-c3ccccc32)C1(F)F)C(F)F. The van der Waals surface area contributed by atoms with Crippen LogP contribution < -0.4 is 10.6 Å². The molecule has 11 heteroatoms. The van der Waals surface area contributed by atoms with E-state index in [1.165, 1.54) is 0 Å². The third kappa shape index (κ3) is 4.94. The van der Waals surface area contributed by atoms with Crippen molar-refractivity contribution in [3.05, 3.63) is 59.7 Å². The molecule has 3 N–H and O–H groups in total. The summed E-state index contributed by atoms with van der Waals surface area (Å²) in [7, 11) is 0. The van der Waals surface area contributed by atoms with E-state index in [0.717, 1.165) is 22.3 Å². The van der Waals surface area contributed by atoms with Gasteiger partial charge >= 0.3 is 12.1 Å². The molecule has 186 valence electrons. The van der Waals surface area contributed by atoms with E-state index in [0.29, 0.717) is 0 Å². The van der Waals surface area contributed by atoms with Crippen LogP contribution in [0.25, 0.3) is 11.1 Å². The third-order valence-electron chi connectivity index (χ3n) is 6.32. The van der Waals surface area contributed by atoms with Gasteiger partial charge in [0.2, 0.25) is 5.91 Å². The lowest BCUT2D eigenvalue weighted by atomic mass is 9.98. The molecule has 0 saturated heterocycles. The van der Waals surface area contributed by atoms with Crippen LogP contribution in [0.2, 0.25) is 0 Å². The number of carbonyl (C=O) groups is 3. The molecule has 0 radical (unpaired) electrons. The molecule has 35 heavy (non-hydrogen) atoms. The van der Waals surface area contributed by atoms with Crippen LogP contribution >= 0.6 is 0 Å². The maximum absolute atomic E-state index is 14.1. The number of aliphatic carboxylic acids is 1. The number of alkyl carbamates (subject to hydrolysis) is 1. The number of benzene rings is 2. The molecule has 0 heterocycles. The highest BCUT2D eigenvalue weighted by molar-refractivity contribution is 5.84. The first kappa shape index (κ1) is 24.5. The molecule has 2 aliphatic carbocycles. The van der Waals surface area contributed by atoms with Crippen molar-refractivity contribution >= 4 is 18.0 Å². The zero-order valence-corrected chi connectivity index (χ0v) is 18.2. The lowest BCUT2D eigenvalue weighted by molar-refractivity contribution is -0.139. The summed E-state index contributed by atoms with van der Waals surface area (Å²) >= 11 is 0. The van der Waals surface area contributed by atoms with Gasteiger partial charge in [-0.15, -0.1) is 0 Å². The van der Waals surface area contributed by atoms with Crippen molar-refractivity contribution in [2.75, 3.05) is 13.2 Å². The lowest BCUT2D eigenvalue weighted by Gasteiger charge is -2.15. The van der Waals surface area contributed by atoms with Gasteiger partial charge in [0.15, 0.2) is 0 Å². The normalized spacial score (nSPS) is 20.5. The van der Waals surface area contributed by atoms with Crippen LogP contribution in [-0.4, -0.2) is 54.6 Å². The quantitative estimate of drug-likeness (QED) is 0.462. The fourth-order valence-electron chi connectivity index (χ4n) is 4.51. The number of carboxylic acid groups (broad SMARTS) is 1. The first-order valence-corrected chi connectivity index (χ1v) is 10.9. The fourth-order valence-corrected chi connectivity index (χ4v) is 4.51. The highest BCUT2D eigenvalue weighted by Crippen LogP contribution is 2.55. The van der Waals surface area contributed by atoms with Crippen molar-refractivity contribution in [3.63, 3.8) is 0 Å². The Balaban J connectivity index is 1.31. The zero-order valence-electron chi connectivity index (χ0n) is 18.2. The van der Waals surface area contributed by atoms with Crippen molar-refractivity contribution in [1.29, 1.82) is 0 Å². The number of hydrogen-bond acceptors (Lipinski definition) is 4. The highest BCUT2D eigenvalue weighted by atomic mass is 19.3. The Morgan fingerprint density at radius 2 is 1.57 bits per heavy atom. The summed E-state index contributed by atoms with van der Waals surface area (Å²) in [4.78, 5) is 34.9. The maximum Gasteiger partial charge on any atom is 0.407 e. The van der Waals surface area contributed by atoms with Crippen molar-refractivity contribution in [1.82, 2.24) is 10.6 Å². The van der Waals surface area contributed by atoms with Crippen molar-refractivity contribution < 1.29 is 41.8 Å². The first-order valence-electron chi connectivity index (χ1n) is 10.9. The van der Waals surface area contributed by atoms with Crippen LogP contribution in [0.3, 0.4) is 0 Å². The van der Waals surface area contributed by atoms with Crippen molar-refractivity contribution in [3.8, 4) is 11.1 Å². The molecule has 1 unspecified atom stereocenters. The minimum absolute atomic E-state index is 0.0317. The number of nitrogens with one attached hydrogen (secondary N) is 2. The van der Waals surface area contributed by atoms with Gasteiger partial charge < -0.3 is 20.5 Å². The van der Waals surface area contributed by atoms with E-state index in [4.69, 9.17) is 9.84 Å². The standard InChI is InChI=1S/C24H22F4N2O5/c25-21(26)18(9-19(31)32)30-22(33)20-17(24(20,27)28)10-29-23(34)35-11-16-14-7-3-1-5-12(14)13-6-2-4-8-15(13)16/h1-8,16-18,20-21H,9-11H2,(H,29,34)(H,30,33)(H,31,32)/t17-,18?,20-/m0/s1. The molecule has 4 rings (SSSR count). The number of carbonyl (C=O) groups excluding carboxylic acids is 2. The summed E-state index contributed by atoms with van der Waals surface area (Å²) in [5.74, 6) is -10.3. The topological polar surface area (TPSA) is 105 Å². The Labute approximate surface area is 197 Å². The summed E-state index contributed by atoms with van der Waals surface area (Å²) in [6.45, 7) is -0.643. The fraction of sp³-hybridized carbons (Fsp3) is 0.375. The molecule has 0 spiro atoms. The summed E-state index contributed by atoms with van der Waals surface area (Å²) in [5, 5.41) is 12.5. The second-order valence-electron chi connectivity index (χ2n) is 8.51. The molecule has 2 aliphatic rings. The maximum atomic E-state index is 14.1. The molecule has 2 amide bonds. The number of carboxylic acids is 1. The van der Waals surface area contributed by atoms with E-state index in [9.17, 15) is 31.9 Å². The summed E-state index contributed by atoms with van der Waals surface area (Å²) < 4.78 is 59.2. The second-order valence-corrected chi connectivity index (χ2v) is 8.51. The van der Waals surface area contributed by atoms with E-state index in [-0.39, 0.29) is 12.5 Å². The average molecular weight is 494 g/mol. The van der Waals surface area contributed by atoms with Crippen LogP contribution in [0.15, 0.2) is 48.5 Å². The third-order valence-corrected chi connectivity index (χ3v) is 6.32. The van der Waals surface area contributed by atoms with E-state index in [1.54, 1.807) is 5.32 Å². The number of fused-ring (bicyclic) bond motifs is 3. The van der Waals surface area contributed by atoms with Crippen LogP contribution in [0.1, 0.15) is 23.5 Å². The smallest absolute Gasteiger partial charge is 0.407 e. The van der Waals surface area contributed by atoms with Gasteiger partial charge in [0, 0.05) is 12.5 Å². The second kappa shape index (κ2) is 9.55. The average Bonchev–Trinajstić information content (AvgIpc) is 3.22. The van der Waals surface area contributed by atoms with E-state index < -0.39 is 61.2 Å². The van der Waals surface area contributed by atoms with Crippen molar-refractivity contribution in [2.24, 2.45) is 11.8 Å². The van der Waals surface area contributed by atoms with Gasteiger partial charge in [0.25, 0.3) is 12.3 Å². The molecule has 1 fully saturated rings. The zero-order chi connectivity index (χ0) is 25.3. The van der Waals surface area contributed by atoms with Crippen LogP contribution in [-0.2, 0) is 14.3 Å². The Kier molecular flexibility index (Phi) is 6.68. The molecule has 1 saturated carbocycles. The van der Waals surface area contributed by atoms with Crippen LogP contribution in [0.4, 0.5) is 22.4 Å². The molecule has 3 atom stereocenters. The van der Waals surface area contributed by atoms with Gasteiger partial charge in [-0.1, -0.05) is 48.5 Å². The monoisotopic (exact) mass is 494 g/mol. The summed E-state index contributed by atoms with van der Waals surface area (Å²) in [6.07, 6.45) is -5.30. The number of hydrogen-bond donors (Lipinski definition) is 3. The lowest BCUT2D eigenvalue weighted by Crippen LogP contribution is -2.43. The van der Waals surface area contributed by atoms with E-state index in [1.807, 2.05) is 48.5 Å². The largest absolute Gasteiger partial charge is 0.481 e. The van der Waals surface area contributed by atoms with Gasteiger partial charge in [0.1, 0.15) is 18.6 Å². The number of alkyl halides is 4. The summed E-state index contributed by atoms with van der Waals surface area (Å²) in [6, 6.07) is 13.2. The Morgan fingerprint density at radius 1 is 1.00 bits per heavy atom. The van der Waals surface area contributed by atoms with Gasteiger partial charge in [-0.05, 0) is 22.3 Å². The minimum Gasteiger partial charge on any atom is -0.481 e. The Hall–Kier alpha value is -3.63. The number of rotatable bonds is 9. The molecule has 0 aromatic heterocycles. The highest BCUT2D eigenvalue weighted by Gasteiger charge is 2.71. The Morgan fingerprint density at radius 3 is 2.11 bits per heavy atom. The minimum atomic E-state index is -3.53. The Bertz CT molecular complexity index is 1100. The molecular formula is C24H22F4N2O5. The summed E-state index contributed by atoms with van der Waals surface area (Å²) in [5.41, 5.74) is 3.99. The molecule has 0 aliphatic heterocycles. The number of amides is 2. The van der Waals surface area contributed by atoms with E-state index >= 15 is 0 Å². The predicted molar refractivity (Wildman–Crippen MR) is 115 cm³/mol. The molecule has 2 aromatic carbocycles. The van der Waals surface area contributed by atoms with Gasteiger partial charge in [0.05, 0.1) is 12.3 Å². The van der Waals surface area contributed by atoms with Crippen LogP contribution in [0.5, 0.6) is 0 Å². The number of ether oxygens (including phenoxy) is 1.